The van der Waals surface area contributed by atoms with E-state index in [0.717, 1.165) is 32.0 Å². The van der Waals surface area contributed by atoms with E-state index in [0.29, 0.717) is 12.5 Å². The zero-order valence-corrected chi connectivity index (χ0v) is 13.3. The van der Waals surface area contributed by atoms with Gasteiger partial charge < -0.3 is 19.5 Å². The van der Waals surface area contributed by atoms with Crippen molar-refractivity contribution in [2.45, 2.75) is 32.4 Å². The summed E-state index contributed by atoms with van der Waals surface area (Å²) < 4.78 is 16.9. The van der Waals surface area contributed by atoms with Gasteiger partial charge in [0.1, 0.15) is 5.75 Å². The molecule has 0 bridgehead atoms. The van der Waals surface area contributed by atoms with Crippen LogP contribution in [-0.4, -0.2) is 39.6 Å². The molecule has 1 heterocycles. The van der Waals surface area contributed by atoms with Crippen molar-refractivity contribution < 1.29 is 14.2 Å². The summed E-state index contributed by atoms with van der Waals surface area (Å²) in [5, 5.41) is 3.31. The molecular formula is C17H27NO3. The Hall–Kier alpha value is -1.10. The topological polar surface area (TPSA) is 39.7 Å². The summed E-state index contributed by atoms with van der Waals surface area (Å²) in [6, 6.07) is 8.44. The molecule has 2 atom stereocenters. The molecule has 0 saturated carbocycles. The zero-order valence-electron chi connectivity index (χ0n) is 13.3. The Bertz CT molecular complexity index is 399. The summed E-state index contributed by atoms with van der Waals surface area (Å²) in [6.07, 6.45) is 1.32. The number of hydrogen-bond donors (Lipinski definition) is 1. The van der Waals surface area contributed by atoms with Crippen molar-refractivity contribution in [3.8, 4) is 5.75 Å². The number of rotatable bonds is 8. The smallest absolute Gasteiger partial charge is 0.119 e. The summed E-state index contributed by atoms with van der Waals surface area (Å²) in [5.41, 5.74) is 1.22. The van der Waals surface area contributed by atoms with Gasteiger partial charge in [-0.2, -0.15) is 0 Å². The van der Waals surface area contributed by atoms with Crippen molar-refractivity contribution in [3.05, 3.63) is 29.8 Å². The molecule has 4 nitrogen and oxygen atoms in total. The molecule has 2 rings (SSSR count). The Morgan fingerprint density at radius 1 is 1.29 bits per heavy atom. The Morgan fingerprint density at radius 2 is 2.05 bits per heavy atom. The van der Waals surface area contributed by atoms with E-state index < -0.39 is 0 Å². The van der Waals surface area contributed by atoms with Crippen molar-refractivity contribution >= 4 is 0 Å². The third-order valence-corrected chi connectivity index (χ3v) is 3.66. The van der Waals surface area contributed by atoms with Crippen LogP contribution in [0.3, 0.4) is 0 Å². The second-order valence-corrected chi connectivity index (χ2v) is 5.84. The van der Waals surface area contributed by atoms with E-state index >= 15 is 0 Å². The zero-order chi connectivity index (χ0) is 15.1. The van der Waals surface area contributed by atoms with Crippen LogP contribution in [-0.2, 0) is 9.47 Å². The maximum absolute atomic E-state index is 5.85. The van der Waals surface area contributed by atoms with Crippen molar-refractivity contribution in [2.24, 2.45) is 5.92 Å². The van der Waals surface area contributed by atoms with Gasteiger partial charge in [0.15, 0.2) is 0 Å². The van der Waals surface area contributed by atoms with Gasteiger partial charge in [-0.05, 0) is 45.0 Å². The molecule has 1 N–H and O–H groups in total. The number of ether oxygens (including phenoxy) is 3. The first-order chi connectivity index (χ1) is 10.2. The largest absolute Gasteiger partial charge is 0.491 e. The van der Waals surface area contributed by atoms with E-state index in [1.807, 2.05) is 33.0 Å². The number of nitrogens with one attached hydrogen (secondary N) is 1. The van der Waals surface area contributed by atoms with Crippen LogP contribution in [0.25, 0.3) is 0 Å². The van der Waals surface area contributed by atoms with Crippen LogP contribution in [0, 0.1) is 5.92 Å². The lowest BCUT2D eigenvalue weighted by atomic mass is 10.1. The molecule has 0 amide bonds. The lowest BCUT2D eigenvalue weighted by Gasteiger charge is -2.19. The second-order valence-electron chi connectivity index (χ2n) is 5.84. The monoisotopic (exact) mass is 293 g/mol. The molecule has 0 radical (unpaired) electrons. The highest BCUT2D eigenvalue weighted by molar-refractivity contribution is 5.29. The quantitative estimate of drug-likeness (QED) is 0.800. The summed E-state index contributed by atoms with van der Waals surface area (Å²) in [6.45, 7) is 7.24. The number of hydrogen-bond acceptors (Lipinski definition) is 4. The van der Waals surface area contributed by atoms with Gasteiger partial charge in [-0.15, -0.1) is 0 Å². The molecule has 1 fully saturated rings. The van der Waals surface area contributed by atoms with E-state index in [1.165, 1.54) is 5.56 Å². The molecule has 0 spiro atoms. The van der Waals surface area contributed by atoms with Crippen LogP contribution in [0.1, 0.15) is 31.9 Å². The van der Waals surface area contributed by atoms with Crippen LogP contribution in [0.15, 0.2) is 24.3 Å². The SMILES string of the molecule is CNC(COCC1CCOC1)c1ccc(OC(C)C)cc1. The lowest BCUT2D eigenvalue weighted by molar-refractivity contribution is 0.0758. The molecule has 0 aromatic heterocycles. The third kappa shape index (κ3) is 5.30. The van der Waals surface area contributed by atoms with Gasteiger partial charge in [0.25, 0.3) is 0 Å². The molecule has 1 aliphatic heterocycles. The van der Waals surface area contributed by atoms with Gasteiger partial charge in [-0.1, -0.05) is 12.1 Å². The van der Waals surface area contributed by atoms with Crippen molar-refractivity contribution in [2.75, 3.05) is 33.5 Å². The molecule has 2 unspecified atom stereocenters. The second kappa shape index (κ2) is 8.37. The van der Waals surface area contributed by atoms with Gasteiger partial charge in [-0.3, -0.25) is 0 Å². The Labute approximate surface area is 127 Å². The van der Waals surface area contributed by atoms with Gasteiger partial charge in [0.2, 0.25) is 0 Å². The van der Waals surface area contributed by atoms with Crippen molar-refractivity contribution in [3.63, 3.8) is 0 Å². The van der Waals surface area contributed by atoms with Crippen LogP contribution in [0.5, 0.6) is 5.75 Å². The highest BCUT2D eigenvalue weighted by atomic mass is 16.5. The first kappa shape index (κ1) is 16.3. The average molecular weight is 293 g/mol. The minimum absolute atomic E-state index is 0.202. The van der Waals surface area contributed by atoms with Gasteiger partial charge in [0, 0.05) is 12.5 Å². The highest BCUT2D eigenvalue weighted by Gasteiger charge is 2.17. The molecule has 118 valence electrons. The van der Waals surface area contributed by atoms with Crippen molar-refractivity contribution in [1.29, 1.82) is 0 Å². The first-order valence-electron chi connectivity index (χ1n) is 7.78. The Balaban J connectivity index is 1.81. The lowest BCUT2D eigenvalue weighted by Crippen LogP contribution is -2.23. The van der Waals surface area contributed by atoms with Crippen LogP contribution in [0.2, 0.25) is 0 Å². The predicted octanol–water partition coefficient (Wildman–Crippen LogP) is 2.79. The van der Waals surface area contributed by atoms with E-state index in [9.17, 15) is 0 Å². The fraction of sp³-hybridized carbons (Fsp3) is 0.647. The highest BCUT2D eigenvalue weighted by Crippen LogP contribution is 2.20. The summed E-state index contributed by atoms with van der Waals surface area (Å²) in [5.74, 6) is 1.47. The fourth-order valence-electron chi connectivity index (χ4n) is 2.46. The molecular weight excluding hydrogens is 266 g/mol. The fourth-order valence-corrected chi connectivity index (χ4v) is 2.46. The van der Waals surface area contributed by atoms with E-state index in [4.69, 9.17) is 14.2 Å². The van der Waals surface area contributed by atoms with E-state index in [1.54, 1.807) is 0 Å². The van der Waals surface area contributed by atoms with Gasteiger partial charge in [0.05, 0.1) is 32.0 Å². The standard InChI is InChI=1S/C17H27NO3/c1-13(2)21-16-6-4-15(5-7-16)17(18-3)12-20-11-14-8-9-19-10-14/h4-7,13-14,17-18H,8-12H2,1-3H3. The summed E-state index contributed by atoms with van der Waals surface area (Å²) >= 11 is 0. The third-order valence-electron chi connectivity index (χ3n) is 3.66. The normalized spacial score (nSPS) is 19.9. The van der Waals surface area contributed by atoms with Gasteiger partial charge in [-0.25, -0.2) is 0 Å². The minimum atomic E-state index is 0.202. The first-order valence-corrected chi connectivity index (χ1v) is 7.78. The van der Waals surface area contributed by atoms with E-state index in [2.05, 4.69) is 17.4 Å². The summed E-state index contributed by atoms with van der Waals surface area (Å²) in [4.78, 5) is 0. The Morgan fingerprint density at radius 3 is 2.62 bits per heavy atom. The minimum Gasteiger partial charge on any atom is -0.491 e. The number of likely N-dealkylation sites (N-methyl/N-ethyl adjacent to an activating group) is 1. The maximum Gasteiger partial charge on any atom is 0.119 e. The molecule has 4 heteroatoms. The maximum atomic E-state index is 5.85. The van der Waals surface area contributed by atoms with Crippen LogP contribution in [0.4, 0.5) is 0 Å². The average Bonchev–Trinajstić information content (AvgIpc) is 2.97. The molecule has 1 aromatic rings. The summed E-state index contributed by atoms with van der Waals surface area (Å²) in [7, 11) is 1.96. The predicted molar refractivity (Wildman–Crippen MR) is 83.8 cm³/mol. The molecule has 1 aromatic carbocycles. The molecule has 1 aliphatic rings. The van der Waals surface area contributed by atoms with Crippen LogP contribution < -0.4 is 10.1 Å². The van der Waals surface area contributed by atoms with Crippen molar-refractivity contribution in [1.82, 2.24) is 5.32 Å². The molecule has 0 aliphatic carbocycles. The Kier molecular flexibility index (Phi) is 6.49. The number of benzene rings is 1. The van der Waals surface area contributed by atoms with E-state index in [-0.39, 0.29) is 12.1 Å². The van der Waals surface area contributed by atoms with Crippen LogP contribution >= 0.6 is 0 Å². The molecule has 21 heavy (non-hydrogen) atoms. The van der Waals surface area contributed by atoms with Gasteiger partial charge >= 0.3 is 0 Å². The molecule has 1 saturated heterocycles.